The molecule has 2 rings (SSSR count). The zero-order valence-electron chi connectivity index (χ0n) is 12.3. The Balaban J connectivity index is 2.15. The van der Waals surface area contributed by atoms with Gasteiger partial charge in [0, 0.05) is 6.04 Å². The minimum atomic E-state index is 0.0960. The number of rotatable bonds is 6. The van der Waals surface area contributed by atoms with Gasteiger partial charge in [-0.15, -0.1) is 0 Å². The smallest absolute Gasteiger partial charge is 0.122 e. The molecule has 0 aliphatic heterocycles. The first kappa shape index (κ1) is 14.6. The minimum absolute atomic E-state index is 0.0960. The molecule has 2 N–H and O–H groups in total. The highest BCUT2D eigenvalue weighted by Gasteiger charge is 2.19. The van der Waals surface area contributed by atoms with Gasteiger partial charge in [-0.2, -0.15) is 0 Å². The number of nitrogens with two attached hydrogens (primary N) is 1. The summed E-state index contributed by atoms with van der Waals surface area (Å²) in [6, 6.07) is 18.7. The minimum Gasteiger partial charge on any atom is -0.496 e. The Kier molecular flexibility index (Phi) is 5.19. The normalized spacial score (nSPS) is 13.8. The zero-order chi connectivity index (χ0) is 14.4. The SMILES string of the molecule is CCC(c1ccccc1)C(N)Cc1ccccc1OC. The fourth-order valence-corrected chi connectivity index (χ4v) is 2.75. The van der Waals surface area contributed by atoms with Crippen molar-refractivity contribution in [2.45, 2.75) is 31.7 Å². The van der Waals surface area contributed by atoms with Crippen LogP contribution >= 0.6 is 0 Å². The van der Waals surface area contributed by atoms with Gasteiger partial charge in [-0.3, -0.25) is 0 Å². The van der Waals surface area contributed by atoms with Gasteiger partial charge in [-0.25, -0.2) is 0 Å². The van der Waals surface area contributed by atoms with E-state index >= 15 is 0 Å². The fourth-order valence-electron chi connectivity index (χ4n) is 2.75. The molecule has 0 aliphatic rings. The second-order valence-electron chi connectivity index (χ2n) is 5.11. The van der Waals surface area contributed by atoms with Crippen LogP contribution in [0.1, 0.15) is 30.4 Å². The van der Waals surface area contributed by atoms with Crippen molar-refractivity contribution < 1.29 is 4.74 Å². The fraction of sp³-hybridized carbons (Fsp3) is 0.333. The summed E-state index contributed by atoms with van der Waals surface area (Å²) in [6.45, 7) is 2.19. The molecule has 0 aromatic heterocycles. The Hall–Kier alpha value is -1.80. The molecule has 0 amide bonds. The largest absolute Gasteiger partial charge is 0.496 e. The summed E-state index contributed by atoms with van der Waals surface area (Å²) in [5, 5.41) is 0. The lowest BCUT2D eigenvalue weighted by Gasteiger charge is -2.24. The lowest BCUT2D eigenvalue weighted by Crippen LogP contribution is -2.30. The molecule has 0 saturated carbocycles. The predicted molar refractivity (Wildman–Crippen MR) is 84.1 cm³/mol. The molecule has 2 atom stereocenters. The maximum Gasteiger partial charge on any atom is 0.122 e. The molecule has 0 fully saturated rings. The van der Waals surface area contributed by atoms with Crippen molar-refractivity contribution in [3.63, 3.8) is 0 Å². The van der Waals surface area contributed by atoms with Gasteiger partial charge in [0.05, 0.1) is 7.11 Å². The predicted octanol–water partition coefficient (Wildman–Crippen LogP) is 3.76. The van der Waals surface area contributed by atoms with Crippen molar-refractivity contribution in [1.82, 2.24) is 0 Å². The Morgan fingerprint density at radius 2 is 1.65 bits per heavy atom. The third kappa shape index (κ3) is 3.40. The number of para-hydroxylation sites is 1. The third-order valence-corrected chi connectivity index (χ3v) is 3.83. The molecular formula is C18H23NO. The molecule has 0 spiro atoms. The van der Waals surface area contributed by atoms with Gasteiger partial charge in [-0.1, -0.05) is 55.5 Å². The van der Waals surface area contributed by atoms with Crippen LogP contribution < -0.4 is 10.5 Å². The van der Waals surface area contributed by atoms with Crippen LogP contribution in [0.2, 0.25) is 0 Å². The van der Waals surface area contributed by atoms with Gasteiger partial charge in [0.15, 0.2) is 0 Å². The molecular weight excluding hydrogens is 246 g/mol. The van der Waals surface area contributed by atoms with E-state index < -0.39 is 0 Å². The second-order valence-corrected chi connectivity index (χ2v) is 5.11. The van der Waals surface area contributed by atoms with Gasteiger partial charge in [0.2, 0.25) is 0 Å². The Bertz CT molecular complexity index is 524. The molecule has 0 bridgehead atoms. The molecule has 0 heterocycles. The molecule has 0 aliphatic carbocycles. The summed E-state index contributed by atoms with van der Waals surface area (Å²) in [5.74, 6) is 1.30. The summed E-state index contributed by atoms with van der Waals surface area (Å²) in [5.41, 5.74) is 8.96. The van der Waals surface area contributed by atoms with Gasteiger partial charge in [0.1, 0.15) is 5.75 Å². The summed E-state index contributed by atoms with van der Waals surface area (Å²) < 4.78 is 5.41. The summed E-state index contributed by atoms with van der Waals surface area (Å²) in [4.78, 5) is 0. The van der Waals surface area contributed by atoms with E-state index in [1.165, 1.54) is 11.1 Å². The quantitative estimate of drug-likeness (QED) is 0.866. The molecule has 2 nitrogen and oxygen atoms in total. The van der Waals surface area contributed by atoms with Gasteiger partial charge >= 0.3 is 0 Å². The van der Waals surface area contributed by atoms with Gasteiger partial charge in [-0.05, 0) is 36.0 Å². The van der Waals surface area contributed by atoms with Crippen molar-refractivity contribution in [2.24, 2.45) is 5.73 Å². The molecule has 2 unspecified atom stereocenters. The molecule has 2 aromatic rings. The van der Waals surface area contributed by atoms with Crippen molar-refractivity contribution >= 4 is 0 Å². The summed E-state index contributed by atoms with van der Waals surface area (Å²) >= 11 is 0. The van der Waals surface area contributed by atoms with E-state index in [1.807, 2.05) is 24.3 Å². The summed E-state index contributed by atoms with van der Waals surface area (Å²) in [6.07, 6.45) is 1.87. The lowest BCUT2D eigenvalue weighted by molar-refractivity contribution is 0.405. The van der Waals surface area contributed by atoms with Gasteiger partial charge in [0.25, 0.3) is 0 Å². The van der Waals surface area contributed by atoms with Crippen LogP contribution in [0.4, 0.5) is 0 Å². The lowest BCUT2D eigenvalue weighted by atomic mass is 9.86. The van der Waals surface area contributed by atoms with Crippen molar-refractivity contribution in [3.05, 3.63) is 65.7 Å². The standard InChI is InChI=1S/C18H23NO/c1-3-16(14-9-5-4-6-10-14)17(19)13-15-11-7-8-12-18(15)20-2/h4-12,16-17H,3,13,19H2,1-2H3. The Labute approximate surface area is 121 Å². The number of hydrogen-bond acceptors (Lipinski definition) is 2. The Morgan fingerprint density at radius 3 is 2.30 bits per heavy atom. The van der Waals surface area contributed by atoms with Crippen LogP contribution in [-0.2, 0) is 6.42 Å². The highest BCUT2D eigenvalue weighted by Crippen LogP contribution is 2.27. The van der Waals surface area contributed by atoms with Crippen molar-refractivity contribution in [2.75, 3.05) is 7.11 Å². The maximum atomic E-state index is 6.46. The van der Waals surface area contributed by atoms with Crippen LogP contribution in [-0.4, -0.2) is 13.2 Å². The molecule has 2 aromatic carbocycles. The zero-order valence-corrected chi connectivity index (χ0v) is 12.3. The number of ether oxygens (including phenoxy) is 1. The van der Waals surface area contributed by atoms with Crippen LogP contribution in [0.3, 0.4) is 0 Å². The summed E-state index contributed by atoms with van der Waals surface area (Å²) in [7, 11) is 1.71. The van der Waals surface area contributed by atoms with Crippen LogP contribution in [0, 0.1) is 0 Å². The monoisotopic (exact) mass is 269 g/mol. The molecule has 0 saturated heterocycles. The Morgan fingerprint density at radius 1 is 1.00 bits per heavy atom. The van der Waals surface area contributed by atoms with E-state index in [2.05, 4.69) is 37.3 Å². The molecule has 0 radical (unpaired) electrons. The highest BCUT2D eigenvalue weighted by atomic mass is 16.5. The first-order valence-electron chi connectivity index (χ1n) is 7.18. The third-order valence-electron chi connectivity index (χ3n) is 3.83. The first-order valence-corrected chi connectivity index (χ1v) is 7.18. The number of methoxy groups -OCH3 is 1. The topological polar surface area (TPSA) is 35.2 Å². The number of hydrogen-bond donors (Lipinski definition) is 1. The van der Waals surface area contributed by atoms with Crippen LogP contribution in [0.15, 0.2) is 54.6 Å². The van der Waals surface area contributed by atoms with Gasteiger partial charge < -0.3 is 10.5 Å². The molecule has 106 valence electrons. The van der Waals surface area contributed by atoms with Crippen molar-refractivity contribution in [1.29, 1.82) is 0 Å². The van der Waals surface area contributed by atoms with Crippen molar-refractivity contribution in [3.8, 4) is 5.75 Å². The maximum absolute atomic E-state index is 6.46. The highest BCUT2D eigenvalue weighted by molar-refractivity contribution is 5.34. The molecule has 2 heteroatoms. The molecule has 20 heavy (non-hydrogen) atoms. The van der Waals surface area contributed by atoms with E-state index in [1.54, 1.807) is 7.11 Å². The second kappa shape index (κ2) is 7.11. The average molecular weight is 269 g/mol. The van der Waals surface area contributed by atoms with Crippen LogP contribution in [0.5, 0.6) is 5.75 Å². The van der Waals surface area contributed by atoms with E-state index in [9.17, 15) is 0 Å². The van der Waals surface area contributed by atoms with E-state index in [4.69, 9.17) is 10.5 Å². The van der Waals surface area contributed by atoms with E-state index in [0.717, 1.165) is 18.6 Å². The van der Waals surface area contributed by atoms with E-state index in [-0.39, 0.29) is 6.04 Å². The average Bonchev–Trinajstić information content (AvgIpc) is 2.49. The van der Waals surface area contributed by atoms with Crippen LogP contribution in [0.25, 0.3) is 0 Å². The first-order chi connectivity index (χ1) is 9.76. The number of benzene rings is 2. The van der Waals surface area contributed by atoms with E-state index in [0.29, 0.717) is 5.92 Å².